The van der Waals surface area contributed by atoms with Gasteiger partial charge in [0.1, 0.15) is 0 Å². The van der Waals surface area contributed by atoms with E-state index in [1.165, 1.54) is 12.0 Å². The Bertz CT molecular complexity index is 654. The molecule has 2 aromatic carbocycles. The first-order valence-corrected chi connectivity index (χ1v) is 8.65. The monoisotopic (exact) mass is 353 g/mol. The number of hydrogen-bond donors (Lipinski definition) is 0. The summed E-state index contributed by atoms with van der Waals surface area (Å²) in [6.07, 6.45) is 2.28. The predicted molar refractivity (Wildman–Crippen MR) is 96.4 cm³/mol. The first-order valence-electron chi connectivity index (χ1n) is 7.52. The third-order valence-electron chi connectivity index (χ3n) is 4.34. The minimum Gasteiger partial charge on any atom is -0.363 e. The Hall–Kier alpha value is -0.890. The van der Waals surface area contributed by atoms with Gasteiger partial charge in [-0.2, -0.15) is 0 Å². The Morgan fingerprint density at radius 2 is 1.64 bits per heavy atom. The van der Waals surface area contributed by atoms with E-state index in [4.69, 9.17) is 34.8 Å². The molecule has 0 amide bonds. The van der Waals surface area contributed by atoms with Gasteiger partial charge in [-0.3, -0.25) is 0 Å². The van der Waals surface area contributed by atoms with Gasteiger partial charge < -0.3 is 4.90 Å². The molecule has 0 N–H and O–H groups in total. The number of benzene rings is 2. The van der Waals surface area contributed by atoms with Crippen LogP contribution in [-0.2, 0) is 0 Å². The summed E-state index contributed by atoms with van der Waals surface area (Å²) in [7, 11) is 0. The molecule has 2 unspecified atom stereocenters. The average molecular weight is 355 g/mol. The lowest BCUT2D eigenvalue weighted by molar-refractivity contribution is 0.369. The molecule has 0 radical (unpaired) electrons. The van der Waals surface area contributed by atoms with Crippen molar-refractivity contribution in [3.8, 4) is 0 Å². The van der Waals surface area contributed by atoms with Crippen molar-refractivity contribution < 1.29 is 0 Å². The summed E-state index contributed by atoms with van der Waals surface area (Å²) in [5, 5.41) is 2.15. The number of hydrogen-bond acceptors (Lipinski definition) is 1. The second-order valence-corrected chi connectivity index (χ2v) is 7.27. The lowest BCUT2D eigenvalue weighted by Crippen LogP contribution is -2.36. The molecule has 0 spiro atoms. The fourth-order valence-electron chi connectivity index (χ4n) is 3.15. The Kier molecular flexibility index (Phi) is 4.87. The van der Waals surface area contributed by atoms with Crippen molar-refractivity contribution in [1.29, 1.82) is 0 Å². The first kappa shape index (κ1) is 16.0. The summed E-state index contributed by atoms with van der Waals surface area (Å²) in [5.74, 6) is 0.697. The zero-order chi connectivity index (χ0) is 15.7. The van der Waals surface area contributed by atoms with Gasteiger partial charge in [0.15, 0.2) is 0 Å². The van der Waals surface area contributed by atoms with E-state index in [1.54, 1.807) is 0 Å². The van der Waals surface area contributed by atoms with E-state index in [1.807, 2.05) is 30.3 Å². The fourth-order valence-corrected chi connectivity index (χ4v) is 3.79. The van der Waals surface area contributed by atoms with Crippen molar-refractivity contribution in [2.45, 2.75) is 25.8 Å². The third kappa shape index (κ3) is 3.37. The first-order chi connectivity index (χ1) is 10.5. The van der Waals surface area contributed by atoms with Crippen molar-refractivity contribution in [1.82, 2.24) is 0 Å². The highest BCUT2D eigenvalue weighted by molar-refractivity contribution is 6.36. The molecule has 0 aromatic heterocycles. The van der Waals surface area contributed by atoms with E-state index < -0.39 is 0 Å². The van der Waals surface area contributed by atoms with Crippen molar-refractivity contribution in [2.24, 2.45) is 5.92 Å². The number of rotatable bonds is 2. The normalized spacial score (nSPS) is 21.9. The average Bonchev–Trinajstić information content (AvgIpc) is 2.49. The molecule has 1 saturated heterocycles. The predicted octanol–water partition coefficient (Wildman–Crippen LogP) is 6.62. The van der Waals surface area contributed by atoms with Crippen LogP contribution >= 0.6 is 34.8 Å². The number of piperidine rings is 1. The maximum atomic E-state index is 6.43. The standard InChI is InChI=1S/C18H18Cl3N/c1-12-8-9-22(17-7-6-15(20)11-16(17)21)18(10-12)13-2-4-14(19)5-3-13/h2-7,11-12,18H,8-10H2,1H3. The summed E-state index contributed by atoms with van der Waals surface area (Å²) >= 11 is 18.5. The summed E-state index contributed by atoms with van der Waals surface area (Å²) in [6, 6.07) is 14.2. The molecule has 2 aromatic rings. The molecule has 3 rings (SSSR count). The van der Waals surface area contributed by atoms with Crippen LogP contribution in [0.15, 0.2) is 42.5 Å². The number of anilines is 1. The third-order valence-corrected chi connectivity index (χ3v) is 5.13. The molecule has 1 aliphatic heterocycles. The minimum atomic E-state index is 0.319. The molecule has 1 nitrogen and oxygen atoms in total. The molecule has 1 aliphatic rings. The van der Waals surface area contributed by atoms with Gasteiger partial charge in [0.05, 0.1) is 16.8 Å². The molecular formula is C18H18Cl3N. The van der Waals surface area contributed by atoms with Gasteiger partial charge in [0.25, 0.3) is 0 Å². The fraction of sp³-hybridized carbons (Fsp3) is 0.333. The highest BCUT2D eigenvalue weighted by atomic mass is 35.5. The zero-order valence-corrected chi connectivity index (χ0v) is 14.7. The van der Waals surface area contributed by atoms with Gasteiger partial charge in [-0.15, -0.1) is 0 Å². The number of nitrogens with zero attached hydrogens (tertiary/aromatic N) is 1. The van der Waals surface area contributed by atoms with Crippen LogP contribution in [0.1, 0.15) is 31.4 Å². The Labute approximate surface area is 146 Å². The summed E-state index contributed by atoms with van der Waals surface area (Å²) in [6.45, 7) is 3.31. The van der Waals surface area contributed by atoms with E-state index in [-0.39, 0.29) is 0 Å². The molecule has 1 heterocycles. The molecule has 116 valence electrons. The van der Waals surface area contributed by atoms with Crippen LogP contribution in [0.25, 0.3) is 0 Å². The van der Waals surface area contributed by atoms with Crippen LogP contribution in [0.4, 0.5) is 5.69 Å². The molecule has 22 heavy (non-hydrogen) atoms. The maximum absolute atomic E-state index is 6.43. The van der Waals surface area contributed by atoms with Crippen LogP contribution in [0.3, 0.4) is 0 Å². The van der Waals surface area contributed by atoms with Crippen molar-refractivity contribution in [3.05, 3.63) is 63.1 Å². The highest BCUT2D eigenvalue weighted by Gasteiger charge is 2.29. The summed E-state index contributed by atoms with van der Waals surface area (Å²) in [5.41, 5.74) is 2.33. The molecule has 0 bridgehead atoms. The van der Waals surface area contributed by atoms with E-state index in [2.05, 4.69) is 24.0 Å². The minimum absolute atomic E-state index is 0.319. The van der Waals surface area contributed by atoms with Crippen LogP contribution in [0, 0.1) is 5.92 Å². The molecule has 4 heteroatoms. The largest absolute Gasteiger partial charge is 0.363 e. The van der Waals surface area contributed by atoms with Crippen molar-refractivity contribution in [3.63, 3.8) is 0 Å². The quantitative estimate of drug-likeness (QED) is 0.585. The van der Waals surface area contributed by atoms with Gasteiger partial charge in [-0.25, -0.2) is 0 Å². The van der Waals surface area contributed by atoms with Gasteiger partial charge in [-0.05, 0) is 54.7 Å². The summed E-state index contributed by atoms with van der Waals surface area (Å²) in [4.78, 5) is 2.39. The second-order valence-electron chi connectivity index (χ2n) is 5.99. The molecule has 0 saturated carbocycles. The van der Waals surface area contributed by atoms with Crippen molar-refractivity contribution >= 4 is 40.5 Å². The maximum Gasteiger partial charge on any atom is 0.0654 e. The van der Waals surface area contributed by atoms with Gasteiger partial charge in [-0.1, -0.05) is 53.9 Å². The highest BCUT2D eigenvalue weighted by Crippen LogP contribution is 2.41. The van der Waals surface area contributed by atoms with Gasteiger partial charge in [0.2, 0.25) is 0 Å². The van der Waals surface area contributed by atoms with Crippen LogP contribution < -0.4 is 4.90 Å². The van der Waals surface area contributed by atoms with E-state index in [9.17, 15) is 0 Å². The molecule has 2 atom stereocenters. The Balaban J connectivity index is 1.98. The second kappa shape index (κ2) is 6.70. The summed E-state index contributed by atoms with van der Waals surface area (Å²) < 4.78 is 0. The Morgan fingerprint density at radius 1 is 0.955 bits per heavy atom. The van der Waals surface area contributed by atoms with Crippen LogP contribution in [-0.4, -0.2) is 6.54 Å². The Morgan fingerprint density at radius 3 is 2.32 bits per heavy atom. The van der Waals surface area contributed by atoms with Crippen molar-refractivity contribution in [2.75, 3.05) is 11.4 Å². The SMILES string of the molecule is CC1CCN(c2ccc(Cl)cc2Cl)C(c2ccc(Cl)cc2)C1. The smallest absolute Gasteiger partial charge is 0.0654 e. The number of halogens is 3. The zero-order valence-electron chi connectivity index (χ0n) is 12.4. The topological polar surface area (TPSA) is 3.24 Å². The van der Waals surface area contributed by atoms with Gasteiger partial charge >= 0.3 is 0 Å². The molecular weight excluding hydrogens is 337 g/mol. The van der Waals surface area contributed by atoms with E-state index in [0.29, 0.717) is 22.0 Å². The van der Waals surface area contributed by atoms with Gasteiger partial charge in [0, 0.05) is 16.6 Å². The molecule has 0 aliphatic carbocycles. The molecule has 1 fully saturated rings. The lowest BCUT2D eigenvalue weighted by Gasteiger charge is -2.41. The lowest BCUT2D eigenvalue weighted by atomic mass is 9.88. The van der Waals surface area contributed by atoms with Crippen LogP contribution in [0.2, 0.25) is 15.1 Å². The van der Waals surface area contributed by atoms with E-state index >= 15 is 0 Å². The van der Waals surface area contributed by atoms with Crippen LogP contribution in [0.5, 0.6) is 0 Å². The van der Waals surface area contributed by atoms with E-state index in [0.717, 1.165) is 23.7 Å².